The normalized spacial score (nSPS) is 60.2. The Morgan fingerprint density at radius 1 is 1.38 bits per heavy atom. The Kier molecular flexibility index (Phi) is 1.41. The Bertz CT molecular complexity index is 413. The maximum Gasteiger partial charge on any atom is 0.307 e. The van der Waals surface area contributed by atoms with Crippen molar-refractivity contribution in [3.63, 3.8) is 0 Å². The maximum atomic E-state index is 11.1. The van der Waals surface area contributed by atoms with Gasteiger partial charge in [-0.3, -0.25) is 4.79 Å². The van der Waals surface area contributed by atoms with Crippen LogP contribution < -0.4 is 0 Å². The standard InChI is InChI=1S/C14H16O2/c1-2-8-7-3-4-9-12(8)10(5-7)14(9)6-11(14)13(15)16/h1,7-12H,3-6H2,(H,15,16)/t7-,8-,9-,10+,11+,12?,14+/m0/s1. The summed E-state index contributed by atoms with van der Waals surface area (Å²) in [6, 6.07) is 0. The number of terminal acetylenes is 1. The van der Waals surface area contributed by atoms with E-state index in [1.54, 1.807) is 0 Å². The van der Waals surface area contributed by atoms with E-state index in [0.717, 1.165) is 6.42 Å². The molecule has 4 saturated carbocycles. The van der Waals surface area contributed by atoms with Crippen LogP contribution >= 0.6 is 0 Å². The number of carbonyl (C=O) groups is 1. The van der Waals surface area contributed by atoms with Gasteiger partial charge < -0.3 is 5.11 Å². The van der Waals surface area contributed by atoms with Crippen molar-refractivity contribution in [2.45, 2.75) is 25.7 Å². The molecule has 0 amide bonds. The number of carboxylic acids is 1. The summed E-state index contributed by atoms with van der Waals surface area (Å²) in [6.45, 7) is 0. The average Bonchev–Trinajstić information content (AvgIpc) is 3.01. The van der Waals surface area contributed by atoms with Crippen LogP contribution in [0.4, 0.5) is 0 Å². The minimum atomic E-state index is -0.564. The molecule has 7 atom stereocenters. The predicted octanol–water partition coefficient (Wildman–Crippen LogP) is 2.00. The Morgan fingerprint density at radius 2 is 2.19 bits per heavy atom. The third-order valence-corrected chi connectivity index (χ3v) is 6.17. The first-order valence-electron chi connectivity index (χ1n) is 6.39. The summed E-state index contributed by atoms with van der Waals surface area (Å²) in [5.41, 5.74) is 0.205. The lowest BCUT2D eigenvalue weighted by molar-refractivity contribution is -0.144. The lowest BCUT2D eigenvalue weighted by Crippen LogP contribution is -2.50. The van der Waals surface area contributed by atoms with Gasteiger partial charge in [0.2, 0.25) is 0 Å². The van der Waals surface area contributed by atoms with Gasteiger partial charge in [-0.1, -0.05) is 0 Å². The first-order valence-corrected chi connectivity index (χ1v) is 6.39. The highest BCUT2D eigenvalue weighted by molar-refractivity contribution is 5.75. The third kappa shape index (κ3) is 0.724. The molecule has 0 aromatic rings. The van der Waals surface area contributed by atoms with Crippen LogP contribution in [0, 0.1) is 53.3 Å². The summed E-state index contributed by atoms with van der Waals surface area (Å²) in [5.74, 6) is 5.58. The van der Waals surface area contributed by atoms with E-state index in [0.29, 0.717) is 29.6 Å². The van der Waals surface area contributed by atoms with E-state index in [1.807, 2.05) is 0 Å². The molecule has 4 rings (SSSR count). The fraction of sp³-hybridized carbons (Fsp3) is 0.786. The van der Waals surface area contributed by atoms with Crippen LogP contribution in [0.3, 0.4) is 0 Å². The lowest BCUT2D eigenvalue weighted by Gasteiger charge is -2.53. The Morgan fingerprint density at radius 3 is 2.81 bits per heavy atom. The van der Waals surface area contributed by atoms with Gasteiger partial charge in [0.1, 0.15) is 0 Å². The van der Waals surface area contributed by atoms with Crippen LogP contribution in [0.2, 0.25) is 0 Å². The summed E-state index contributed by atoms with van der Waals surface area (Å²) in [5, 5.41) is 9.18. The molecule has 1 N–H and O–H groups in total. The van der Waals surface area contributed by atoms with Crippen LogP contribution in [-0.2, 0) is 4.79 Å². The van der Waals surface area contributed by atoms with E-state index in [9.17, 15) is 9.90 Å². The van der Waals surface area contributed by atoms with E-state index in [2.05, 4.69) is 5.92 Å². The van der Waals surface area contributed by atoms with E-state index >= 15 is 0 Å². The first kappa shape index (κ1) is 9.10. The Hall–Kier alpha value is -0.970. The Labute approximate surface area is 95.4 Å². The number of fused-ring (bicyclic) bond motifs is 3. The molecule has 16 heavy (non-hydrogen) atoms. The van der Waals surface area contributed by atoms with Crippen molar-refractivity contribution in [2.24, 2.45) is 40.9 Å². The van der Waals surface area contributed by atoms with E-state index in [4.69, 9.17) is 6.42 Å². The average molecular weight is 216 g/mol. The zero-order valence-electron chi connectivity index (χ0n) is 9.23. The van der Waals surface area contributed by atoms with Crippen molar-refractivity contribution in [1.29, 1.82) is 0 Å². The second-order valence-electron chi connectivity index (χ2n) is 6.26. The minimum absolute atomic E-state index is 0.0333. The summed E-state index contributed by atoms with van der Waals surface area (Å²) in [4.78, 5) is 11.1. The fourth-order valence-electron chi connectivity index (χ4n) is 5.65. The first-order chi connectivity index (χ1) is 7.70. The number of carboxylic acid groups (broad SMARTS) is 1. The van der Waals surface area contributed by atoms with Gasteiger partial charge in [-0.25, -0.2) is 0 Å². The van der Waals surface area contributed by atoms with Crippen molar-refractivity contribution in [2.75, 3.05) is 0 Å². The molecule has 1 spiro atoms. The number of aliphatic carboxylic acids is 1. The number of rotatable bonds is 1. The molecule has 0 aromatic heterocycles. The Balaban J connectivity index is 1.69. The van der Waals surface area contributed by atoms with E-state index in [1.165, 1.54) is 19.3 Å². The van der Waals surface area contributed by atoms with E-state index < -0.39 is 5.97 Å². The van der Waals surface area contributed by atoms with Gasteiger partial charge in [-0.15, -0.1) is 12.3 Å². The van der Waals surface area contributed by atoms with Gasteiger partial charge in [0.05, 0.1) is 5.92 Å². The zero-order chi connectivity index (χ0) is 11.1. The van der Waals surface area contributed by atoms with Gasteiger partial charge in [0.15, 0.2) is 0 Å². The molecule has 4 aliphatic carbocycles. The molecule has 0 heterocycles. The molecule has 4 aliphatic rings. The highest BCUT2D eigenvalue weighted by Gasteiger charge is 2.79. The van der Waals surface area contributed by atoms with E-state index in [-0.39, 0.29) is 11.3 Å². The molecule has 0 aromatic carbocycles. The van der Waals surface area contributed by atoms with Gasteiger partial charge in [-0.05, 0) is 54.8 Å². The second kappa shape index (κ2) is 2.47. The van der Waals surface area contributed by atoms with Gasteiger partial charge in [0.25, 0.3) is 0 Å². The zero-order valence-corrected chi connectivity index (χ0v) is 9.23. The van der Waals surface area contributed by atoms with Crippen LogP contribution in [0.15, 0.2) is 0 Å². The van der Waals surface area contributed by atoms with Crippen LogP contribution in [0.25, 0.3) is 0 Å². The third-order valence-electron chi connectivity index (χ3n) is 6.17. The largest absolute Gasteiger partial charge is 0.481 e. The highest BCUT2D eigenvalue weighted by atomic mass is 16.4. The van der Waals surface area contributed by atoms with Crippen LogP contribution in [-0.4, -0.2) is 11.1 Å². The minimum Gasteiger partial charge on any atom is -0.481 e. The molecule has 0 saturated heterocycles. The van der Waals surface area contributed by atoms with Crippen molar-refractivity contribution < 1.29 is 9.90 Å². The number of hydrogen-bond acceptors (Lipinski definition) is 1. The van der Waals surface area contributed by atoms with Crippen molar-refractivity contribution in [3.05, 3.63) is 0 Å². The fourth-order valence-corrected chi connectivity index (χ4v) is 5.65. The monoisotopic (exact) mass is 216 g/mol. The smallest absolute Gasteiger partial charge is 0.307 e. The van der Waals surface area contributed by atoms with Gasteiger partial charge in [0, 0.05) is 5.92 Å². The molecular weight excluding hydrogens is 200 g/mol. The molecule has 0 aliphatic heterocycles. The summed E-state index contributed by atoms with van der Waals surface area (Å²) < 4.78 is 0. The molecular formula is C14H16O2. The lowest BCUT2D eigenvalue weighted by atomic mass is 9.50. The maximum absolute atomic E-state index is 11.1. The number of hydrogen-bond donors (Lipinski definition) is 1. The SMILES string of the molecule is C#C[C@@H]1C2[C@H]3C[C@@H]1CC[C@@H]2[C@]31C[C@@H]1C(=O)O. The van der Waals surface area contributed by atoms with Gasteiger partial charge in [-0.2, -0.15) is 0 Å². The second-order valence-corrected chi connectivity index (χ2v) is 6.26. The molecule has 2 nitrogen and oxygen atoms in total. The van der Waals surface area contributed by atoms with Crippen molar-refractivity contribution >= 4 is 5.97 Å². The predicted molar refractivity (Wildman–Crippen MR) is 58.3 cm³/mol. The topological polar surface area (TPSA) is 37.3 Å². The highest BCUT2D eigenvalue weighted by Crippen LogP contribution is 2.82. The molecule has 0 radical (unpaired) electrons. The van der Waals surface area contributed by atoms with Gasteiger partial charge >= 0.3 is 5.97 Å². The quantitative estimate of drug-likeness (QED) is 0.681. The summed E-state index contributed by atoms with van der Waals surface area (Å²) in [7, 11) is 0. The van der Waals surface area contributed by atoms with Crippen LogP contribution in [0.1, 0.15) is 25.7 Å². The molecule has 4 fully saturated rings. The van der Waals surface area contributed by atoms with Crippen molar-refractivity contribution in [1.82, 2.24) is 0 Å². The molecule has 2 bridgehead atoms. The summed E-state index contributed by atoms with van der Waals surface area (Å²) in [6.07, 6.45) is 10.3. The van der Waals surface area contributed by atoms with Crippen LogP contribution in [0.5, 0.6) is 0 Å². The summed E-state index contributed by atoms with van der Waals surface area (Å²) >= 11 is 0. The molecule has 1 unspecified atom stereocenters. The molecule has 2 heteroatoms. The van der Waals surface area contributed by atoms with Crippen molar-refractivity contribution in [3.8, 4) is 12.3 Å². The molecule has 84 valence electrons.